The summed E-state index contributed by atoms with van der Waals surface area (Å²) in [5.74, 6) is -0.254. The Morgan fingerprint density at radius 3 is 2.87 bits per heavy atom. The molecule has 2 aromatic heterocycles. The minimum absolute atomic E-state index is 0.219. The highest BCUT2D eigenvalue weighted by atomic mass is 16.6. The van der Waals surface area contributed by atoms with E-state index in [-0.39, 0.29) is 19.1 Å². The molecule has 0 fully saturated rings. The van der Waals surface area contributed by atoms with Crippen LogP contribution in [0.15, 0.2) is 47.8 Å². The maximum Gasteiger partial charge on any atom is 0.325 e. The van der Waals surface area contributed by atoms with E-state index in [1.165, 1.54) is 7.11 Å². The van der Waals surface area contributed by atoms with Crippen molar-refractivity contribution in [3.8, 4) is 0 Å². The standard InChI is InChI=1S/C22H25N5O3/c1-16-11-19-20(9-6-10-21(19)27(16)14-22(28)29-2)24-30-15-18-13-26(25-23-18)12-17-7-4-3-5-8-17/h3-5,7-8,11,13H,6,9-10,12,14-15H2,1-2H3/b24-20+. The van der Waals surface area contributed by atoms with Crippen LogP contribution in [0.25, 0.3) is 0 Å². The summed E-state index contributed by atoms with van der Waals surface area (Å²) in [6.45, 7) is 3.13. The van der Waals surface area contributed by atoms with Gasteiger partial charge in [-0.3, -0.25) is 4.79 Å². The lowest BCUT2D eigenvalue weighted by molar-refractivity contribution is -0.141. The Labute approximate surface area is 175 Å². The van der Waals surface area contributed by atoms with Crippen LogP contribution < -0.4 is 0 Å². The number of rotatable bonds is 7. The minimum atomic E-state index is -0.254. The van der Waals surface area contributed by atoms with E-state index >= 15 is 0 Å². The first kappa shape index (κ1) is 19.9. The molecule has 0 spiro atoms. The summed E-state index contributed by atoms with van der Waals surface area (Å²) in [7, 11) is 1.41. The molecule has 0 saturated carbocycles. The summed E-state index contributed by atoms with van der Waals surface area (Å²) in [5.41, 5.74) is 5.97. The zero-order valence-electron chi connectivity index (χ0n) is 17.2. The second-order valence-corrected chi connectivity index (χ2v) is 7.37. The van der Waals surface area contributed by atoms with Crippen LogP contribution in [0.3, 0.4) is 0 Å². The number of nitrogens with zero attached hydrogens (tertiary/aromatic N) is 5. The van der Waals surface area contributed by atoms with Gasteiger partial charge in [0, 0.05) is 17.0 Å². The van der Waals surface area contributed by atoms with Crippen LogP contribution in [-0.4, -0.2) is 38.4 Å². The van der Waals surface area contributed by atoms with Crippen LogP contribution >= 0.6 is 0 Å². The SMILES string of the molecule is COC(=O)Cn1c(C)cc2c1CCC/C2=N\OCc1cn(Cc2ccccc2)nn1. The lowest BCUT2D eigenvalue weighted by Gasteiger charge is -2.17. The van der Waals surface area contributed by atoms with Gasteiger partial charge in [0.25, 0.3) is 0 Å². The average Bonchev–Trinajstić information content (AvgIpc) is 3.33. The monoisotopic (exact) mass is 407 g/mol. The summed E-state index contributed by atoms with van der Waals surface area (Å²) in [6.07, 6.45) is 4.59. The molecule has 0 radical (unpaired) electrons. The van der Waals surface area contributed by atoms with Gasteiger partial charge in [0.1, 0.15) is 12.2 Å². The predicted octanol–water partition coefficient (Wildman–Crippen LogP) is 2.87. The molecule has 0 unspecified atom stereocenters. The van der Waals surface area contributed by atoms with Gasteiger partial charge < -0.3 is 14.1 Å². The molecular weight excluding hydrogens is 382 g/mol. The Morgan fingerprint density at radius 1 is 1.23 bits per heavy atom. The van der Waals surface area contributed by atoms with Crippen LogP contribution in [0.1, 0.15) is 41.1 Å². The fourth-order valence-corrected chi connectivity index (χ4v) is 3.74. The maximum absolute atomic E-state index is 11.7. The number of methoxy groups -OCH3 is 1. The van der Waals surface area contributed by atoms with Gasteiger partial charge >= 0.3 is 5.97 Å². The fourth-order valence-electron chi connectivity index (χ4n) is 3.74. The Kier molecular flexibility index (Phi) is 5.92. The van der Waals surface area contributed by atoms with E-state index in [4.69, 9.17) is 9.57 Å². The number of carbonyl (C=O) groups excluding carboxylic acids is 1. The van der Waals surface area contributed by atoms with E-state index in [2.05, 4.69) is 33.7 Å². The number of hydrogen-bond acceptors (Lipinski definition) is 6. The van der Waals surface area contributed by atoms with Crippen molar-refractivity contribution in [2.24, 2.45) is 5.16 Å². The van der Waals surface area contributed by atoms with E-state index in [0.29, 0.717) is 6.54 Å². The molecule has 8 nitrogen and oxygen atoms in total. The van der Waals surface area contributed by atoms with Gasteiger partial charge in [-0.15, -0.1) is 5.10 Å². The maximum atomic E-state index is 11.7. The first-order valence-electron chi connectivity index (χ1n) is 10.0. The highest BCUT2D eigenvalue weighted by Crippen LogP contribution is 2.26. The van der Waals surface area contributed by atoms with Crippen molar-refractivity contribution in [2.45, 2.75) is 45.9 Å². The van der Waals surface area contributed by atoms with E-state index in [0.717, 1.165) is 53.2 Å². The van der Waals surface area contributed by atoms with Crippen LogP contribution in [0.5, 0.6) is 0 Å². The second-order valence-electron chi connectivity index (χ2n) is 7.37. The molecule has 1 aromatic carbocycles. The predicted molar refractivity (Wildman–Crippen MR) is 111 cm³/mol. The zero-order valence-corrected chi connectivity index (χ0v) is 17.2. The van der Waals surface area contributed by atoms with E-state index in [1.54, 1.807) is 4.68 Å². The van der Waals surface area contributed by atoms with Crippen LogP contribution in [0, 0.1) is 6.92 Å². The fraction of sp³-hybridized carbons (Fsp3) is 0.364. The number of ether oxygens (including phenoxy) is 1. The summed E-state index contributed by atoms with van der Waals surface area (Å²) < 4.78 is 8.61. The highest BCUT2D eigenvalue weighted by Gasteiger charge is 2.23. The van der Waals surface area contributed by atoms with Gasteiger partial charge in [0.2, 0.25) is 0 Å². The molecule has 0 bridgehead atoms. The number of hydrogen-bond donors (Lipinski definition) is 0. The summed E-state index contributed by atoms with van der Waals surface area (Å²) in [6, 6.07) is 12.2. The number of carbonyl (C=O) groups is 1. The van der Waals surface area contributed by atoms with Gasteiger partial charge in [0.05, 0.1) is 25.6 Å². The van der Waals surface area contributed by atoms with Gasteiger partial charge in [-0.2, -0.15) is 0 Å². The molecule has 4 rings (SSSR count). The van der Waals surface area contributed by atoms with Crippen LogP contribution in [0.4, 0.5) is 0 Å². The van der Waals surface area contributed by atoms with Crippen molar-refractivity contribution in [1.29, 1.82) is 0 Å². The molecule has 1 aliphatic rings. The van der Waals surface area contributed by atoms with Crippen molar-refractivity contribution in [3.63, 3.8) is 0 Å². The molecule has 30 heavy (non-hydrogen) atoms. The van der Waals surface area contributed by atoms with Crippen molar-refractivity contribution < 1.29 is 14.4 Å². The third-order valence-electron chi connectivity index (χ3n) is 5.23. The number of aryl methyl sites for hydroxylation is 1. The second kappa shape index (κ2) is 8.94. The van der Waals surface area contributed by atoms with Crippen LogP contribution in [-0.2, 0) is 40.5 Å². The Balaban J connectivity index is 1.41. The molecule has 0 saturated heterocycles. The number of fused-ring (bicyclic) bond motifs is 1. The molecule has 8 heteroatoms. The summed E-state index contributed by atoms with van der Waals surface area (Å²) >= 11 is 0. The van der Waals surface area contributed by atoms with E-state index in [9.17, 15) is 4.79 Å². The topological polar surface area (TPSA) is 83.5 Å². The number of oxime groups is 1. The Bertz CT molecular complexity index is 1050. The molecule has 1 aliphatic carbocycles. The largest absolute Gasteiger partial charge is 0.468 e. The number of benzene rings is 1. The van der Waals surface area contributed by atoms with E-state index in [1.807, 2.05) is 35.9 Å². The first-order chi connectivity index (χ1) is 14.6. The quantitative estimate of drug-likeness (QED) is 0.444. The van der Waals surface area contributed by atoms with Crippen LogP contribution in [0.2, 0.25) is 0 Å². The molecule has 3 aromatic rings. The minimum Gasteiger partial charge on any atom is -0.468 e. The van der Waals surface area contributed by atoms with Crippen molar-refractivity contribution >= 4 is 11.7 Å². The third kappa shape index (κ3) is 4.42. The molecular formula is C22H25N5O3. The molecule has 2 heterocycles. The van der Waals surface area contributed by atoms with Gasteiger partial charge in [-0.1, -0.05) is 40.7 Å². The van der Waals surface area contributed by atoms with Gasteiger partial charge in [-0.25, -0.2) is 4.68 Å². The summed E-state index contributed by atoms with van der Waals surface area (Å²) in [4.78, 5) is 17.3. The molecule has 0 atom stereocenters. The van der Waals surface area contributed by atoms with Gasteiger partial charge in [-0.05, 0) is 37.8 Å². The van der Waals surface area contributed by atoms with Crippen molar-refractivity contribution in [3.05, 3.63) is 70.8 Å². The van der Waals surface area contributed by atoms with E-state index < -0.39 is 0 Å². The number of esters is 1. The first-order valence-corrected chi connectivity index (χ1v) is 10.0. The van der Waals surface area contributed by atoms with Gasteiger partial charge in [0.15, 0.2) is 6.61 Å². The third-order valence-corrected chi connectivity index (χ3v) is 5.23. The molecule has 0 aliphatic heterocycles. The normalized spacial score (nSPS) is 14.5. The zero-order chi connectivity index (χ0) is 20.9. The lowest BCUT2D eigenvalue weighted by atomic mass is 9.96. The van der Waals surface area contributed by atoms with Crippen molar-refractivity contribution in [1.82, 2.24) is 19.6 Å². The molecule has 0 amide bonds. The lowest BCUT2D eigenvalue weighted by Crippen LogP contribution is -2.19. The van der Waals surface area contributed by atoms with Crippen molar-refractivity contribution in [2.75, 3.05) is 7.11 Å². The average molecular weight is 407 g/mol. The highest BCUT2D eigenvalue weighted by molar-refractivity contribution is 6.02. The number of aromatic nitrogens is 4. The molecule has 156 valence electrons. The smallest absolute Gasteiger partial charge is 0.325 e. The molecule has 0 N–H and O–H groups in total. The Morgan fingerprint density at radius 2 is 2.07 bits per heavy atom. The summed E-state index contributed by atoms with van der Waals surface area (Å²) in [5, 5.41) is 12.7. The Hall–Kier alpha value is -3.42.